The molecule has 1 saturated heterocycles. The van der Waals surface area contributed by atoms with Crippen molar-refractivity contribution in [2.24, 2.45) is 0 Å². The van der Waals surface area contributed by atoms with Gasteiger partial charge in [0.05, 0.1) is 11.2 Å². The molecule has 2 aliphatic heterocycles. The first-order valence-electron chi connectivity index (χ1n) is 11.2. The minimum absolute atomic E-state index is 0.000612. The highest BCUT2D eigenvalue weighted by Crippen LogP contribution is 2.41. The number of halogens is 2. The van der Waals surface area contributed by atoms with Gasteiger partial charge in [-0.1, -0.05) is 29.8 Å². The lowest BCUT2D eigenvalue weighted by Gasteiger charge is -2.43. The van der Waals surface area contributed by atoms with Crippen molar-refractivity contribution in [3.05, 3.63) is 70.1 Å². The number of imide groups is 1. The molecule has 2 aromatic rings. The number of nitrogens with zero attached hydrogens (tertiary/aromatic N) is 2. The molecule has 182 valence electrons. The fourth-order valence-corrected chi connectivity index (χ4v) is 4.78. The SMILES string of the molecule is CCN1c2cc(Cl)c(/C=C3/NC(=O)N(CC(=O)Nc4ccccc4F)C3=O)cc2C(C)=CC1(C)C. The van der Waals surface area contributed by atoms with Crippen LogP contribution >= 0.6 is 11.6 Å². The molecule has 0 atom stereocenters. The van der Waals surface area contributed by atoms with Gasteiger partial charge in [0.1, 0.15) is 18.1 Å². The van der Waals surface area contributed by atoms with Crippen molar-refractivity contribution < 1.29 is 18.8 Å². The molecule has 2 N–H and O–H groups in total. The normalized spacial score (nSPS) is 17.9. The Kier molecular flexibility index (Phi) is 6.42. The number of hydrogen-bond acceptors (Lipinski definition) is 4. The Morgan fingerprint density at radius 1 is 1.23 bits per heavy atom. The van der Waals surface area contributed by atoms with Crippen LogP contribution in [0.2, 0.25) is 5.02 Å². The summed E-state index contributed by atoms with van der Waals surface area (Å²) in [5, 5.41) is 5.29. The quantitative estimate of drug-likeness (QED) is 0.449. The van der Waals surface area contributed by atoms with Gasteiger partial charge in [0.15, 0.2) is 0 Å². The summed E-state index contributed by atoms with van der Waals surface area (Å²) in [6, 6.07) is 8.65. The molecule has 4 rings (SSSR count). The van der Waals surface area contributed by atoms with Crippen molar-refractivity contribution in [3.8, 4) is 0 Å². The number of para-hydroxylation sites is 1. The largest absolute Gasteiger partial charge is 0.363 e. The Labute approximate surface area is 208 Å². The van der Waals surface area contributed by atoms with Crippen molar-refractivity contribution in [1.82, 2.24) is 10.2 Å². The molecule has 0 bridgehead atoms. The summed E-state index contributed by atoms with van der Waals surface area (Å²) in [4.78, 5) is 40.6. The third-order valence-corrected chi connectivity index (χ3v) is 6.45. The average molecular weight is 497 g/mol. The molecule has 9 heteroatoms. The molecule has 2 heterocycles. The Bertz CT molecular complexity index is 1300. The molecule has 0 spiro atoms. The molecule has 0 aromatic heterocycles. The van der Waals surface area contributed by atoms with Crippen LogP contribution in [0.5, 0.6) is 0 Å². The first-order chi connectivity index (χ1) is 16.5. The average Bonchev–Trinajstić information content (AvgIpc) is 3.03. The van der Waals surface area contributed by atoms with E-state index in [1.165, 1.54) is 24.3 Å². The molecule has 2 aliphatic rings. The number of hydrogen-bond donors (Lipinski definition) is 2. The van der Waals surface area contributed by atoms with Gasteiger partial charge in [-0.25, -0.2) is 14.1 Å². The van der Waals surface area contributed by atoms with E-state index in [4.69, 9.17) is 11.6 Å². The van der Waals surface area contributed by atoms with E-state index in [0.29, 0.717) is 10.6 Å². The van der Waals surface area contributed by atoms with Gasteiger partial charge in [0.2, 0.25) is 5.91 Å². The summed E-state index contributed by atoms with van der Waals surface area (Å²) in [7, 11) is 0. The van der Waals surface area contributed by atoms with Crippen LogP contribution in [0.1, 0.15) is 38.8 Å². The van der Waals surface area contributed by atoms with E-state index >= 15 is 0 Å². The molecule has 2 aromatic carbocycles. The number of allylic oxidation sites excluding steroid dienone is 1. The number of amides is 4. The van der Waals surface area contributed by atoms with E-state index in [2.05, 4.69) is 42.4 Å². The third-order valence-electron chi connectivity index (χ3n) is 6.12. The molecule has 0 unspecified atom stereocenters. The van der Waals surface area contributed by atoms with E-state index in [1.54, 1.807) is 6.07 Å². The van der Waals surface area contributed by atoms with Gasteiger partial charge >= 0.3 is 6.03 Å². The van der Waals surface area contributed by atoms with Crippen molar-refractivity contribution in [1.29, 1.82) is 0 Å². The molecule has 0 saturated carbocycles. The van der Waals surface area contributed by atoms with Crippen LogP contribution in [0.15, 0.2) is 48.2 Å². The lowest BCUT2D eigenvalue weighted by atomic mass is 9.88. The van der Waals surface area contributed by atoms with Crippen molar-refractivity contribution in [2.45, 2.75) is 33.2 Å². The summed E-state index contributed by atoms with van der Waals surface area (Å²) in [6.45, 7) is 8.60. The van der Waals surface area contributed by atoms with Gasteiger partial charge in [0, 0.05) is 22.8 Å². The van der Waals surface area contributed by atoms with Crippen LogP contribution in [0.25, 0.3) is 11.6 Å². The van der Waals surface area contributed by atoms with Gasteiger partial charge in [-0.3, -0.25) is 9.59 Å². The predicted octanol–water partition coefficient (Wildman–Crippen LogP) is 5.03. The van der Waals surface area contributed by atoms with Crippen molar-refractivity contribution >= 4 is 52.5 Å². The van der Waals surface area contributed by atoms with Crippen LogP contribution in [0, 0.1) is 5.82 Å². The second kappa shape index (κ2) is 9.19. The molecule has 0 radical (unpaired) electrons. The minimum atomic E-state index is -0.742. The van der Waals surface area contributed by atoms with Crippen LogP contribution in [0.3, 0.4) is 0 Å². The number of anilines is 2. The van der Waals surface area contributed by atoms with Gasteiger partial charge in [-0.15, -0.1) is 0 Å². The third kappa shape index (κ3) is 4.66. The monoisotopic (exact) mass is 496 g/mol. The minimum Gasteiger partial charge on any atom is -0.363 e. The zero-order chi connectivity index (χ0) is 25.5. The predicted molar refractivity (Wildman–Crippen MR) is 135 cm³/mol. The van der Waals surface area contributed by atoms with Gasteiger partial charge < -0.3 is 15.5 Å². The van der Waals surface area contributed by atoms with Crippen LogP contribution in [-0.2, 0) is 9.59 Å². The number of urea groups is 1. The fourth-order valence-electron chi connectivity index (χ4n) is 4.57. The van der Waals surface area contributed by atoms with Gasteiger partial charge in [-0.05, 0) is 69.2 Å². The first-order valence-corrected chi connectivity index (χ1v) is 11.6. The second-order valence-electron chi connectivity index (χ2n) is 9.02. The van der Waals surface area contributed by atoms with Crippen LogP contribution in [-0.4, -0.2) is 41.4 Å². The van der Waals surface area contributed by atoms with Gasteiger partial charge in [0.25, 0.3) is 5.91 Å². The van der Waals surface area contributed by atoms with E-state index in [9.17, 15) is 18.8 Å². The Hall–Kier alpha value is -3.65. The summed E-state index contributed by atoms with van der Waals surface area (Å²) in [6.07, 6.45) is 3.68. The first kappa shape index (κ1) is 24.5. The number of nitrogens with one attached hydrogen (secondary N) is 2. The summed E-state index contributed by atoms with van der Waals surface area (Å²) >= 11 is 6.58. The van der Waals surface area contributed by atoms with E-state index < -0.39 is 30.2 Å². The molecule has 1 fully saturated rings. The Balaban J connectivity index is 1.58. The van der Waals surface area contributed by atoms with E-state index in [-0.39, 0.29) is 16.9 Å². The Morgan fingerprint density at radius 3 is 2.63 bits per heavy atom. The Morgan fingerprint density at radius 2 is 1.94 bits per heavy atom. The lowest BCUT2D eigenvalue weighted by molar-refractivity contribution is -0.127. The highest BCUT2D eigenvalue weighted by atomic mass is 35.5. The molecule has 35 heavy (non-hydrogen) atoms. The summed E-state index contributed by atoms with van der Waals surface area (Å²) in [5.74, 6) is -1.99. The smallest absolute Gasteiger partial charge is 0.329 e. The molecule has 4 amide bonds. The zero-order valence-electron chi connectivity index (χ0n) is 19.9. The molecular formula is C26H26ClFN4O3. The number of carbonyl (C=O) groups excluding carboxylic acids is 3. The van der Waals surface area contributed by atoms with Crippen LogP contribution < -0.4 is 15.5 Å². The number of rotatable bonds is 5. The van der Waals surface area contributed by atoms with E-state index in [0.717, 1.165) is 28.3 Å². The number of benzene rings is 2. The second-order valence-corrected chi connectivity index (χ2v) is 9.43. The number of carbonyl (C=O) groups is 3. The van der Waals surface area contributed by atoms with Crippen molar-refractivity contribution in [3.63, 3.8) is 0 Å². The molecule has 0 aliphatic carbocycles. The highest BCUT2D eigenvalue weighted by molar-refractivity contribution is 6.32. The maximum Gasteiger partial charge on any atom is 0.329 e. The molecule has 7 nitrogen and oxygen atoms in total. The van der Waals surface area contributed by atoms with Crippen molar-refractivity contribution in [2.75, 3.05) is 23.3 Å². The number of likely N-dealkylation sites (N-methyl/N-ethyl adjacent to an activating group) is 1. The maximum absolute atomic E-state index is 13.8. The van der Waals surface area contributed by atoms with Crippen LogP contribution in [0.4, 0.5) is 20.6 Å². The topological polar surface area (TPSA) is 81.8 Å². The van der Waals surface area contributed by atoms with Gasteiger partial charge in [-0.2, -0.15) is 0 Å². The summed E-state index contributed by atoms with van der Waals surface area (Å²) < 4.78 is 13.8. The zero-order valence-corrected chi connectivity index (χ0v) is 20.7. The maximum atomic E-state index is 13.8. The highest BCUT2D eigenvalue weighted by Gasteiger charge is 2.36. The standard InChI is InChI=1S/C26H26ClFN4O3/c1-5-32-22-12-18(27)16(10-17(22)15(2)13-26(32,3)4)11-21-24(34)31(25(35)30-21)14-23(33)29-20-9-7-6-8-19(20)28/h6-13H,5,14H2,1-4H3,(H,29,33)(H,30,35)/b21-11+. The lowest BCUT2D eigenvalue weighted by Crippen LogP contribution is -2.44. The van der Waals surface area contributed by atoms with E-state index in [1.807, 2.05) is 19.1 Å². The molecular weight excluding hydrogens is 471 g/mol. The fraction of sp³-hybridized carbons (Fsp3) is 0.269. The number of fused-ring (bicyclic) bond motifs is 1. The summed E-state index contributed by atoms with van der Waals surface area (Å²) in [5.41, 5.74) is 3.43.